The van der Waals surface area contributed by atoms with E-state index < -0.39 is 17.9 Å². The van der Waals surface area contributed by atoms with Gasteiger partial charge in [-0.05, 0) is 19.8 Å². The average molecular weight is 258 g/mol. The van der Waals surface area contributed by atoms with Crippen molar-refractivity contribution >= 4 is 0 Å². The molecule has 0 aliphatic rings. The van der Waals surface area contributed by atoms with Crippen LogP contribution in [0.15, 0.2) is 4.79 Å². The van der Waals surface area contributed by atoms with Crippen molar-refractivity contribution in [3.63, 3.8) is 0 Å². The number of aromatic nitrogens is 2. The fraction of sp³-hybridized carbons (Fsp3) is 0.750. The van der Waals surface area contributed by atoms with Gasteiger partial charge in [0.05, 0.1) is 31.0 Å². The summed E-state index contributed by atoms with van der Waals surface area (Å²) >= 11 is 0. The van der Waals surface area contributed by atoms with Crippen LogP contribution >= 0.6 is 0 Å². The molecule has 0 saturated carbocycles. The SMILES string of the molecule is CC(O)Cn1c(O)c(C(C)C)n(CC(C)O)c1=O. The van der Waals surface area contributed by atoms with Crippen LogP contribution < -0.4 is 5.69 Å². The third-order valence-electron chi connectivity index (χ3n) is 2.68. The second-order valence-corrected chi connectivity index (χ2v) is 5.07. The first-order valence-corrected chi connectivity index (χ1v) is 6.14. The van der Waals surface area contributed by atoms with Crippen LogP contribution in [-0.4, -0.2) is 36.7 Å². The molecule has 0 fully saturated rings. The van der Waals surface area contributed by atoms with Gasteiger partial charge in [0.25, 0.3) is 0 Å². The van der Waals surface area contributed by atoms with E-state index in [9.17, 15) is 20.1 Å². The van der Waals surface area contributed by atoms with Crippen molar-refractivity contribution in [1.82, 2.24) is 9.13 Å². The van der Waals surface area contributed by atoms with Gasteiger partial charge in [0.1, 0.15) is 0 Å². The first kappa shape index (κ1) is 14.8. The molecule has 0 bridgehead atoms. The number of aliphatic hydroxyl groups excluding tert-OH is 2. The molecule has 3 N–H and O–H groups in total. The second kappa shape index (κ2) is 5.58. The van der Waals surface area contributed by atoms with E-state index >= 15 is 0 Å². The standard InChI is InChI=1S/C12H22N2O4/c1-7(2)10-11(17)14(6-9(4)16)12(18)13(10)5-8(3)15/h7-9,15-17H,5-6H2,1-4H3. The molecule has 0 saturated heterocycles. The zero-order valence-electron chi connectivity index (χ0n) is 11.3. The molecule has 1 aromatic heterocycles. The molecule has 0 aliphatic heterocycles. The number of hydrogen-bond acceptors (Lipinski definition) is 4. The van der Waals surface area contributed by atoms with E-state index in [2.05, 4.69) is 0 Å². The van der Waals surface area contributed by atoms with E-state index in [0.29, 0.717) is 5.69 Å². The highest BCUT2D eigenvalue weighted by Crippen LogP contribution is 2.24. The second-order valence-electron chi connectivity index (χ2n) is 5.07. The van der Waals surface area contributed by atoms with Crippen LogP contribution in [0.2, 0.25) is 0 Å². The molecule has 0 spiro atoms. The first-order valence-electron chi connectivity index (χ1n) is 6.14. The molecule has 2 atom stereocenters. The van der Waals surface area contributed by atoms with Crippen molar-refractivity contribution in [2.75, 3.05) is 0 Å². The van der Waals surface area contributed by atoms with Gasteiger partial charge >= 0.3 is 5.69 Å². The van der Waals surface area contributed by atoms with Gasteiger partial charge < -0.3 is 15.3 Å². The Labute approximate surface area is 106 Å². The van der Waals surface area contributed by atoms with Crippen LogP contribution in [0.5, 0.6) is 5.88 Å². The molecule has 18 heavy (non-hydrogen) atoms. The summed E-state index contributed by atoms with van der Waals surface area (Å²) in [5.74, 6) is -0.178. The first-order chi connectivity index (χ1) is 8.25. The van der Waals surface area contributed by atoms with E-state index in [1.165, 1.54) is 4.57 Å². The molecule has 104 valence electrons. The molecule has 0 amide bonds. The van der Waals surface area contributed by atoms with Crippen LogP contribution in [0.1, 0.15) is 39.3 Å². The Bertz CT molecular complexity index is 457. The van der Waals surface area contributed by atoms with E-state index in [1.807, 2.05) is 13.8 Å². The van der Waals surface area contributed by atoms with Gasteiger partial charge in [0.15, 0.2) is 0 Å². The maximum atomic E-state index is 12.1. The summed E-state index contributed by atoms with van der Waals surface area (Å²) in [4.78, 5) is 12.1. The molecule has 1 heterocycles. The Morgan fingerprint density at radius 1 is 1.00 bits per heavy atom. The molecule has 0 aliphatic carbocycles. The van der Waals surface area contributed by atoms with Crippen LogP contribution in [0.4, 0.5) is 0 Å². The lowest BCUT2D eigenvalue weighted by molar-refractivity contribution is 0.163. The highest BCUT2D eigenvalue weighted by Gasteiger charge is 2.22. The van der Waals surface area contributed by atoms with Gasteiger partial charge in [0.2, 0.25) is 5.88 Å². The third-order valence-corrected chi connectivity index (χ3v) is 2.68. The smallest absolute Gasteiger partial charge is 0.331 e. The predicted molar refractivity (Wildman–Crippen MR) is 67.8 cm³/mol. The molecule has 6 nitrogen and oxygen atoms in total. The Balaban J connectivity index is 3.35. The summed E-state index contributed by atoms with van der Waals surface area (Å²) < 4.78 is 2.51. The van der Waals surface area contributed by atoms with Crippen LogP contribution in [0.3, 0.4) is 0 Å². The molecular formula is C12H22N2O4. The number of nitrogens with zero attached hydrogens (tertiary/aromatic N) is 2. The topological polar surface area (TPSA) is 87.6 Å². The van der Waals surface area contributed by atoms with Crippen molar-refractivity contribution in [1.29, 1.82) is 0 Å². The number of hydrogen-bond donors (Lipinski definition) is 3. The molecule has 0 aromatic carbocycles. The molecule has 6 heteroatoms. The maximum Gasteiger partial charge on any atom is 0.331 e. The van der Waals surface area contributed by atoms with Crippen LogP contribution in [0, 0.1) is 0 Å². The number of rotatable bonds is 5. The fourth-order valence-corrected chi connectivity index (χ4v) is 2.04. The fourth-order valence-electron chi connectivity index (χ4n) is 2.04. The predicted octanol–water partition coefficient (Wildman–Crippen LogP) is 0.240. The summed E-state index contributed by atoms with van der Waals surface area (Å²) in [6.07, 6.45) is -1.40. The molecule has 0 radical (unpaired) electrons. The minimum Gasteiger partial charge on any atom is -0.493 e. The largest absolute Gasteiger partial charge is 0.493 e. The maximum absolute atomic E-state index is 12.1. The minimum atomic E-state index is -0.726. The Morgan fingerprint density at radius 2 is 1.44 bits per heavy atom. The Kier molecular flexibility index (Phi) is 4.59. The molecule has 2 unspecified atom stereocenters. The number of aliphatic hydroxyl groups is 2. The summed E-state index contributed by atoms with van der Waals surface area (Å²) in [5.41, 5.74) is 0.0829. The lowest BCUT2D eigenvalue weighted by atomic mass is 10.1. The van der Waals surface area contributed by atoms with E-state index in [4.69, 9.17) is 0 Å². The van der Waals surface area contributed by atoms with Crippen molar-refractivity contribution in [3.8, 4) is 5.88 Å². The van der Waals surface area contributed by atoms with E-state index in [0.717, 1.165) is 4.57 Å². The average Bonchev–Trinajstić information content (AvgIpc) is 2.41. The third kappa shape index (κ3) is 2.94. The molecule has 1 aromatic rings. The van der Waals surface area contributed by atoms with Gasteiger partial charge in [-0.15, -0.1) is 0 Å². The van der Waals surface area contributed by atoms with E-state index in [1.54, 1.807) is 13.8 Å². The van der Waals surface area contributed by atoms with Gasteiger partial charge in [0, 0.05) is 0 Å². The van der Waals surface area contributed by atoms with Gasteiger partial charge in [-0.1, -0.05) is 13.8 Å². The molecule has 1 rings (SSSR count). The minimum absolute atomic E-state index is 0.0389. The molecular weight excluding hydrogens is 236 g/mol. The monoisotopic (exact) mass is 258 g/mol. The Morgan fingerprint density at radius 3 is 1.83 bits per heavy atom. The van der Waals surface area contributed by atoms with Crippen molar-refractivity contribution in [2.45, 2.75) is 58.9 Å². The van der Waals surface area contributed by atoms with Gasteiger partial charge in [-0.25, -0.2) is 4.79 Å². The van der Waals surface area contributed by atoms with Gasteiger partial charge in [-0.2, -0.15) is 0 Å². The van der Waals surface area contributed by atoms with Crippen molar-refractivity contribution in [3.05, 3.63) is 16.2 Å². The summed E-state index contributed by atoms with van der Waals surface area (Å²) in [7, 11) is 0. The summed E-state index contributed by atoms with van der Waals surface area (Å²) in [6.45, 7) is 7.02. The summed E-state index contributed by atoms with van der Waals surface area (Å²) in [5, 5.41) is 28.8. The Hall–Kier alpha value is -1.27. The normalized spacial score (nSPS) is 15.1. The number of imidazole rings is 1. The number of aromatic hydroxyl groups is 1. The highest BCUT2D eigenvalue weighted by atomic mass is 16.3. The lowest BCUT2D eigenvalue weighted by Crippen LogP contribution is -2.30. The van der Waals surface area contributed by atoms with Gasteiger partial charge in [-0.3, -0.25) is 9.13 Å². The van der Waals surface area contributed by atoms with Crippen molar-refractivity contribution < 1.29 is 15.3 Å². The highest BCUT2D eigenvalue weighted by molar-refractivity contribution is 5.24. The zero-order chi connectivity index (χ0) is 14.0. The zero-order valence-corrected chi connectivity index (χ0v) is 11.3. The van der Waals surface area contributed by atoms with Crippen molar-refractivity contribution in [2.24, 2.45) is 0 Å². The quantitative estimate of drug-likeness (QED) is 0.706. The van der Waals surface area contributed by atoms with Crippen LogP contribution in [-0.2, 0) is 13.1 Å². The van der Waals surface area contributed by atoms with E-state index in [-0.39, 0.29) is 24.9 Å². The lowest BCUT2D eigenvalue weighted by Gasteiger charge is -2.11. The van der Waals surface area contributed by atoms with Crippen LogP contribution in [0.25, 0.3) is 0 Å². The summed E-state index contributed by atoms with van der Waals surface area (Å²) in [6, 6.07) is 0.